The molecule has 4 rings (SSSR count). The van der Waals surface area contributed by atoms with E-state index in [4.69, 9.17) is 0 Å². The molecule has 0 bridgehead atoms. The molecule has 2 heterocycles. The molecule has 2 aromatic carbocycles. The standard InChI is InChI=1S/C19H12F3N3OS/c1-10-14-9-17(18(26)23-12-4-7-15(21)16(22)8-12)27-19(14)25(24-10)13-5-2-11(20)3-6-13/h2-9H,1H3,(H,23,26). The largest absolute Gasteiger partial charge is 0.321 e. The highest BCUT2D eigenvalue weighted by Crippen LogP contribution is 2.31. The minimum Gasteiger partial charge on any atom is -0.321 e. The first-order valence-electron chi connectivity index (χ1n) is 7.94. The Kier molecular flexibility index (Phi) is 4.19. The van der Waals surface area contributed by atoms with Crippen molar-refractivity contribution in [2.24, 2.45) is 0 Å². The highest BCUT2D eigenvalue weighted by atomic mass is 32.1. The van der Waals surface area contributed by atoms with Gasteiger partial charge in [-0.3, -0.25) is 4.79 Å². The predicted octanol–water partition coefficient (Wildman–Crippen LogP) is 5.07. The molecule has 1 N–H and O–H groups in total. The van der Waals surface area contributed by atoms with Gasteiger partial charge in [0.25, 0.3) is 5.91 Å². The van der Waals surface area contributed by atoms with Gasteiger partial charge >= 0.3 is 0 Å². The zero-order valence-corrected chi connectivity index (χ0v) is 14.8. The van der Waals surface area contributed by atoms with Crippen LogP contribution in [0.2, 0.25) is 0 Å². The van der Waals surface area contributed by atoms with Crippen molar-refractivity contribution in [3.63, 3.8) is 0 Å². The first-order chi connectivity index (χ1) is 12.9. The monoisotopic (exact) mass is 387 g/mol. The van der Waals surface area contributed by atoms with E-state index in [0.717, 1.165) is 28.0 Å². The van der Waals surface area contributed by atoms with Crippen molar-refractivity contribution in [1.29, 1.82) is 0 Å². The van der Waals surface area contributed by atoms with E-state index in [1.54, 1.807) is 22.9 Å². The SMILES string of the molecule is Cc1nn(-c2ccc(F)cc2)c2sc(C(=O)Nc3ccc(F)c(F)c3)cc12. The van der Waals surface area contributed by atoms with E-state index in [-0.39, 0.29) is 11.5 Å². The maximum absolute atomic E-state index is 13.3. The number of aryl methyl sites for hydroxylation is 1. The van der Waals surface area contributed by atoms with E-state index in [2.05, 4.69) is 10.4 Å². The average molecular weight is 387 g/mol. The van der Waals surface area contributed by atoms with Gasteiger partial charge in [0.1, 0.15) is 10.6 Å². The second kappa shape index (κ2) is 6.55. The first kappa shape index (κ1) is 17.3. The van der Waals surface area contributed by atoms with E-state index in [0.29, 0.717) is 10.6 Å². The van der Waals surface area contributed by atoms with Crippen LogP contribution in [0.1, 0.15) is 15.4 Å². The third-order valence-electron chi connectivity index (χ3n) is 4.02. The number of carbonyl (C=O) groups excluding carboxylic acids is 1. The number of nitrogens with zero attached hydrogens (tertiary/aromatic N) is 2. The maximum atomic E-state index is 13.3. The van der Waals surface area contributed by atoms with Crippen LogP contribution in [-0.2, 0) is 0 Å². The van der Waals surface area contributed by atoms with Gasteiger partial charge in [-0.25, -0.2) is 17.9 Å². The van der Waals surface area contributed by atoms with Crippen molar-refractivity contribution in [2.75, 3.05) is 5.32 Å². The summed E-state index contributed by atoms with van der Waals surface area (Å²) in [4.78, 5) is 13.6. The lowest BCUT2D eigenvalue weighted by Crippen LogP contribution is -2.10. The molecule has 4 nitrogen and oxygen atoms in total. The van der Waals surface area contributed by atoms with Crippen LogP contribution in [-0.4, -0.2) is 15.7 Å². The molecule has 0 aliphatic heterocycles. The summed E-state index contributed by atoms with van der Waals surface area (Å²) < 4.78 is 41.1. The number of hydrogen-bond donors (Lipinski definition) is 1. The third kappa shape index (κ3) is 3.19. The molecule has 0 saturated heterocycles. The van der Waals surface area contributed by atoms with Crippen LogP contribution in [0.15, 0.2) is 48.5 Å². The van der Waals surface area contributed by atoms with E-state index >= 15 is 0 Å². The number of halogens is 3. The Morgan fingerprint density at radius 2 is 1.78 bits per heavy atom. The molecule has 0 atom stereocenters. The van der Waals surface area contributed by atoms with Gasteiger partial charge in [0.15, 0.2) is 11.6 Å². The number of amides is 1. The van der Waals surface area contributed by atoms with Crippen molar-refractivity contribution in [3.05, 3.63) is 76.6 Å². The number of carbonyl (C=O) groups is 1. The van der Waals surface area contributed by atoms with Gasteiger partial charge in [0, 0.05) is 17.1 Å². The highest BCUT2D eigenvalue weighted by Gasteiger charge is 2.18. The molecule has 0 spiro atoms. The Balaban J connectivity index is 1.68. The summed E-state index contributed by atoms with van der Waals surface area (Å²) in [6.45, 7) is 1.81. The molecule has 0 saturated carbocycles. The topological polar surface area (TPSA) is 46.9 Å². The molecule has 27 heavy (non-hydrogen) atoms. The van der Waals surface area contributed by atoms with E-state index in [1.165, 1.54) is 29.5 Å². The van der Waals surface area contributed by atoms with Gasteiger partial charge in [0.05, 0.1) is 16.3 Å². The van der Waals surface area contributed by atoms with Crippen LogP contribution in [0.4, 0.5) is 18.9 Å². The Morgan fingerprint density at radius 1 is 1.04 bits per heavy atom. The molecule has 0 unspecified atom stereocenters. The van der Waals surface area contributed by atoms with Crippen LogP contribution < -0.4 is 5.32 Å². The summed E-state index contributed by atoms with van der Waals surface area (Å²) in [7, 11) is 0. The molecular formula is C19H12F3N3OS. The van der Waals surface area contributed by atoms with Gasteiger partial charge < -0.3 is 5.32 Å². The average Bonchev–Trinajstić information content (AvgIpc) is 3.20. The summed E-state index contributed by atoms with van der Waals surface area (Å²) in [5, 5.41) is 7.78. The fourth-order valence-electron chi connectivity index (χ4n) is 2.68. The summed E-state index contributed by atoms with van der Waals surface area (Å²) >= 11 is 1.21. The molecule has 136 valence electrons. The fraction of sp³-hybridized carbons (Fsp3) is 0.0526. The summed E-state index contributed by atoms with van der Waals surface area (Å²) in [6.07, 6.45) is 0. The van der Waals surface area contributed by atoms with Crippen LogP contribution in [0, 0.1) is 24.4 Å². The smallest absolute Gasteiger partial charge is 0.265 e. The Labute approximate surface area is 155 Å². The summed E-state index contributed by atoms with van der Waals surface area (Å²) in [6, 6.07) is 10.7. The van der Waals surface area contributed by atoms with Gasteiger partial charge in [-0.2, -0.15) is 5.10 Å². The Bertz CT molecular complexity index is 1170. The summed E-state index contributed by atoms with van der Waals surface area (Å²) in [5.41, 5.74) is 1.55. The van der Waals surface area contributed by atoms with Gasteiger partial charge in [-0.1, -0.05) is 0 Å². The van der Waals surface area contributed by atoms with Crippen LogP contribution >= 0.6 is 11.3 Å². The number of hydrogen-bond acceptors (Lipinski definition) is 3. The van der Waals surface area contributed by atoms with Crippen molar-refractivity contribution in [1.82, 2.24) is 9.78 Å². The number of thiophene rings is 1. The predicted molar refractivity (Wildman–Crippen MR) is 98.0 cm³/mol. The van der Waals surface area contributed by atoms with Crippen molar-refractivity contribution in [3.8, 4) is 5.69 Å². The molecule has 8 heteroatoms. The Morgan fingerprint density at radius 3 is 2.48 bits per heavy atom. The molecule has 0 fully saturated rings. The lowest BCUT2D eigenvalue weighted by Gasteiger charge is -2.04. The lowest BCUT2D eigenvalue weighted by molar-refractivity contribution is 0.103. The molecule has 0 aliphatic rings. The lowest BCUT2D eigenvalue weighted by atomic mass is 10.2. The van der Waals surface area contributed by atoms with Gasteiger partial charge in [-0.05, 0) is 49.4 Å². The number of benzene rings is 2. The molecule has 2 aromatic heterocycles. The molecular weight excluding hydrogens is 375 g/mol. The number of rotatable bonds is 3. The zero-order chi connectivity index (χ0) is 19.1. The molecule has 4 aromatic rings. The fourth-order valence-corrected chi connectivity index (χ4v) is 3.76. The zero-order valence-electron chi connectivity index (χ0n) is 14.0. The molecule has 0 aliphatic carbocycles. The van der Waals surface area contributed by atoms with Crippen molar-refractivity contribution >= 4 is 33.1 Å². The number of nitrogens with one attached hydrogen (secondary N) is 1. The van der Waals surface area contributed by atoms with E-state index in [1.807, 2.05) is 6.92 Å². The minimum atomic E-state index is -1.04. The van der Waals surface area contributed by atoms with Crippen LogP contribution in [0.3, 0.4) is 0 Å². The molecule has 1 amide bonds. The Hall–Kier alpha value is -3.13. The quantitative estimate of drug-likeness (QED) is 0.534. The molecule has 0 radical (unpaired) electrons. The third-order valence-corrected chi connectivity index (χ3v) is 5.13. The first-order valence-corrected chi connectivity index (χ1v) is 8.75. The second-order valence-electron chi connectivity index (χ2n) is 5.89. The van der Waals surface area contributed by atoms with Crippen molar-refractivity contribution in [2.45, 2.75) is 6.92 Å². The van der Waals surface area contributed by atoms with Crippen molar-refractivity contribution < 1.29 is 18.0 Å². The van der Waals surface area contributed by atoms with Gasteiger partial charge in [-0.15, -0.1) is 11.3 Å². The normalized spacial score (nSPS) is 11.1. The summed E-state index contributed by atoms with van der Waals surface area (Å²) in [5.74, 6) is -2.80. The highest BCUT2D eigenvalue weighted by molar-refractivity contribution is 7.20. The van der Waals surface area contributed by atoms with Crippen LogP contribution in [0.25, 0.3) is 15.9 Å². The van der Waals surface area contributed by atoms with Crippen LogP contribution in [0.5, 0.6) is 0 Å². The number of anilines is 1. The van der Waals surface area contributed by atoms with Gasteiger partial charge in [0.2, 0.25) is 0 Å². The van der Waals surface area contributed by atoms with E-state index < -0.39 is 17.5 Å². The van der Waals surface area contributed by atoms with E-state index in [9.17, 15) is 18.0 Å². The second-order valence-corrected chi connectivity index (χ2v) is 6.92. The minimum absolute atomic E-state index is 0.160. The maximum Gasteiger partial charge on any atom is 0.265 e. The number of aromatic nitrogens is 2. The number of fused-ring (bicyclic) bond motifs is 1.